The van der Waals surface area contributed by atoms with Crippen LogP contribution in [0.25, 0.3) is 0 Å². The zero-order valence-electron chi connectivity index (χ0n) is 12.3. The third-order valence-electron chi connectivity index (χ3n) is 3.15. The number of aromatic nitrogens is 4. The summed E-state index contributed by atoms with van der Waals surface area (Å²) in [5.74, 6) is 0.668. The summed E-state index contributed by atoms with van der Waals surface area (Å²) in [5, 5.41) is 13.9. The lowest BCUT2D eigenvalue weighted by atomic mass is 10.2. The third kappa shape index (κ3) is 4.19. The molecule has 0 aliphatic heterocycles. The summed E-state index contributed by atoms with van der Waals surface area (Å²) in [5.41, 5.74) is 1.58. The molecule has 2 heterocycles. The fourth-order valence-corrected chi connectivity index (χ4v) is 1.97. The number of anilines is 2. The van der Waals surface area contributed by atoms with Crippen LogP contribution in [-0.2, 0) is 13.1 Å². The van der Waals surface area contributed by atoms with Crippen molar-refractivity contribution >= 4 is 11.8 Å². The van der Waals surface area contributed by atoms with Gasteiger partial charge >= 0.3 is 0 Å². The van der Waals surface area contributed by atoms with Crippen molar-refractivity contribution in [2.45, 2.75) is 13.1 Å². The molecule has 0 aliphatic carbocycles. The zero-order valence-corrected chi connectivity index (χ0v) is 12.3. The fraction of sp³-hybridized carbons (Fsp3) is 0.125. The molecule has 0 atom stereocenters. The summed E-state index contributed by atoms with van der Waals surface area (Å²) >= 11 is 0. The normalized spacial score (nSPS) is 10.3. The van der Waals surface area contributed by atoms with Crippen molar-refractivity contribution in [3.63, 3.8) is 0 Å². The minimum Gasteiger partial charge on any atom is -0.364 e. The molecule has 0 unspecified atom stereocenters. The molecule has 2 N–H and O–H groups in total. The van der Waals surface area contributed by atoms with E-state index in [4.69, 9.17) is 0 Å². The molecule has 0 spiro atoms. The highest BCUT2D eigenvalue weighted by Gasteiger charge is 2.03. The highest BCUT2D eigenvalue weighted by atomic mass is 19.1. The number of hydrogen-bond donors (Lipinski definition) is 2. The van der Waals surface area contributed by atoms with Crippen molar-refractivity contribution in [1.82, 2.24) is 20.2 Å². The number of hydrogen-bond acceptors (Lipinski definition) is 6. The van der Waals surface area contributed by atoms with E-state index in [-0.39, 0.29) is 5.82 Å². The Labute approximate surface area is 132 Å². The van der Waals surface area contributed by atoms with Gasteiger partial charge in [-0.3, -0.25) is 4.98 Å². The number of benzene rings is 1. The lowest BCUT2D eigenvalue weighted by Gasteiger charge is -2.08. The summed E-state index contributed by atoms with van der Waals surface area (Å²) in [6.07, 6.45) is 4.98. The quantitative estimate of drug-likeness (QED) is 0.729. The van der Waals surface area contributed by atoms with Crippen LogP contribution in [0.4, 0.5) is 16.2 Å². The maximum absolute atomic E-state index is 13.6. The molecule has 6 nitrogen and oxygen atoms in total. The van der Waals surface area contributed by atoms with Gasteiger partial charge in [0.1, 0.15) is 5.82 Å². The number of nitrogens with zero attached hydrogens (tertiary/aromatic N) is 4. The molecule has 3 aromatic rings. The van der Waals surface area contributed by atoms with Crippen LogP contribution in [0.2, 0.25) is 0 Å². The van der Waals surface area contributed by atoms with Gasteiger partial charge in [0.15, 0.2) is 5.82 Å². The summed E-state index contributed by atoms with van der Waals surface area (Å²) in [4.78, 5) is 8.34. The Bertz CT molecular complexity index is 765. The summed E-state index contributed by atoms with van der Waals surface area (Å²) < 4.78 is 13.6. The van der Waals surface area contributed by atoms with Gasteiger partial charge in [-0.2, -0.15) is 10.1 Å². The first-order chi connectivity index (χ1) is 11.3. The summed E-state index contributed by atoms with van der Waals surface area (Å²) in [6.45, 7) is 0.875. The maximum Gasteiger partial charge on any atom is 0.244 e. The average Bonchev–Trinajstić information content (AvgIpc) is 2.61. The summed E-state index contributed by atoms with van der Waals surface area (Å²) in [7, 11) is 0. The van der Waals surface area contributed by atoms with Crippen LogP contribution < -0.4 is 10.6 Å². The average molecular weight is 310 g/mol. The van der Waals surface area contributed by atoms with E-state index in [1.807, 2.05) is 12.1 Å². The fourth-order valence-electron chi connectivity index (χ4n) is 1.97. The van der Waals surface area contributed by atoms with Gasteiger partial charge in [-0.15, -0.1) is 5.10 Å². The Hall–Kier alpha value is -3.09. The molecular formula is C16H15FN6. The Morgan fingerprint density at radius 3 is 2.70 bits per heavy atom. The molecule has 0 amide bonds. The zero-order chi connectivity index (χ0) is 15.9. The largest absolute Gasteiger partial charge is 0.364 e. The van der Waals surface area contributed by atoms with Crippen molar-refractivity contribution in [3.05, 3.63) is 71.9 Å². The molecule has 0 fully saturated rings. The monoisotopic (exact) mass is 310 g/mol. The van der Waals surface area contributed by atoms with Crippen LogP contribution in [0.3, 0.4) is 0 Å². The van der Waals surface area contributed by atoms with E-state index in [2.05, 4.69) is 30.8 Å². The Morgan fingerprint density at radius 2 is 1.87 bits per heavy atom. The molecule has 2 aromatic heterocycles. The second-order valence-corrected chi connectivity index (χ2v) is 4.83. The molecular weight excluding hydrogens is 295 g/mol. The molecule has 0 bridgehead atoms. The predicted molar refractivity (Wildman–Crippen MR) is 85.1 cm³/mol. The van der Waals surface area contributed by atoms with E-state index in [1.54, 1.807) is 30.6 Å². The van der Waals surface area contributed by atoms with Crippen LogP contribution >= 0.6 is 0 Å². The molecule has 0 saturated heterocycles. The van der Waals surface area contributed by atoms with Crippen LogP contribution in [0.5, 0.6) is 0 Å². The Morgan fingerprint density at radius 1 is 0.957 bits per heavy atom. The first kappa shape index (κ1) is 14.8. The number of pyridine rings is 1. The molecule has 116 valence electrons. The first-order valence-electron chi connectivity index (χ1n) is 7.11. The van der Waals surface area contributed by atoms with Crippen molar-refractivity contribution in [3.8, 4) is 0 Å². The molecule has 23 heavy (non-hydrogen) atoms. The van der Waals surface area contributed by atoms with E-state index < -0.39 is 0 Å². The highest BCUT2D eigenvalue weighted by Crippen LogP contribution is 2.10. The number of halogens is 1. The maximum atomic E-state index is 13.6. The van der Waals surface area contributed by atoms with E-state index in [0.29, 0.717) is 30.4 Å². The van der Waals surface area contributed by atoms with E-state index in [0.717, 1.165) is 5.56 Å². The van der Waals surface area contributed by atoms with Gasteiger partial charge in [-0.25, -0.2) is 4.39 Å². The molecule has 0 saturated carbocycles. The van der Waals surface area contributed by atoms with Crippen LogP contribution in [0.1, 0.15) is 11.1 Å². The third-order valence-corrected chi connectivity index (χ3v) is 3.15. The van der Waals surface area contributed by atoms with E-state index in [9.17, 15) is 4.39 Å². The van der Waals surface area contributed by atoms with Crippen molar-refractivity contribution in [2.75, 3.05) is 10.6 Å². The van der Waals surface area contributed by atoms with Crippen LogP contribution in [-0.4, -0.2) is 20.2 Å². The molecule has 1 aromatic carbocycles. The first-order valence-corrected chi connectivity index (χ1v) is 7.11. The Balaban J connectivity index is 1.60. The second kappa shape index (κ2) is 7.26. The second-order valence-electron chi connectivity index (χ2n) is 4.83. The van der Waals surface area contributed by atoms with Crippen molar-refractivity contribution in [1.29, 1.82) is 0 Å². The molecule has 0 radical (unpaired) electrons. The van der Waals surface area contributed by atoms with E-state index >= 15 is 0 Å². The van der Waals surface area contributed by atoms with Crippen molar-refractivity contribution in [2.24, 2.45) is 0 Å². The van der Waals surface area contributed by atoms with Gasteiger partial charge in [0.05, 0.1) is 6.20 Å². The molecule has 0 aliphatic rings. The Kier molecular flexibility index (Phi) is 4.68. The van der Waals surface area contributed by atoms with Crippen molar-refractivity contribution < 1.29 is 4.39 Å². The number of rotatable bonds is 6. The minimum atomic E-state index is -0.253. The topological polar surface area (TPSA) is 75.6 Å². The lowest BCUT2D eigenvalue weighted by molar-refractivity contribution is 0.613. The van der Waals surface area contributed by atoms with Gasteiger partial charge < -0.3 is 10.6 Å². The van der Waals surface area contributed by atoms with Gasteiger partial charge in [0, 0.05) is 31.0 Å². The van der Waals surface area contributed by atoms with Crippen LogP contribution in [0.15, 0.2) is 55.0 Å². The number of nitrogens with one attached hydrogen (secondary N) is 2. The van der Waals surface area contributed by atoms with Gasteiger partial charge in [-0.05, 0) is 17.7 Å². The predicted octanol–water partition coefficient (Wildman–Crippen LogP) is 2.63. The highest BCUT2D eigenvalue weighted by molar-refractivity contribution is 5.38. The molecule has 7 heteroatoms. The van der Waals surface area contributed by atoms with Gasteiger partial charge in [0.25, 0.3) is 0 Å². The summed E-state index contributed by atoms with van der Waals surface area (Å²) in [6, 6.07) is 10.4. The molecule has 3 rings (SSSR count). The van der Waals surface area contributed by atoms with Gasteiger partial charge in [0.2, 0.25) is 5.95 Å². The lowest BCUT2D eigenvalue weighted by Crippen LogP contribution is -2.08. The smallest absolute Gasteiger partial charge is 0.244 e. The minimum absolute atomic E-state index is 0.253. The van der Waals surface area contributed by atoms with Crippen LogP contribution in [0, 0.1) is 5.82 Å². The standard InChI is InChI=1S/C16H15FN6/c17-14-6-2-1-5-13(14)10-19-15-11-21-23-16(22-15)20-9-12-4-3-7-18-8-12/h1-8,11H,9-10H2,(H2,19,20,22,23). The van der Waals surface area contributed by atoms with Gasteiger partial charge in [-0.1, -0.05) is 24.3 Å². The SMILES string of the molecule is Fc1ccccc1CNc1cnnc(NCc2cccnc2)n1. The van der Waals surface area contributed by atoms with E-state index in [1.165, 1.54) is 12.3 Å².